The summed E-state index contributed by atoms with van der Waals surface area (Å²) < 4.78 is 0. The average molecular weight is 265 g/mol. The van der Waals surface area contributed by atoms with Gasteiger partial charge in [0.2, 0.25) is 0 Å². The normalized spacial score (nSPS) is 12.0. The Balaban J connectivity index is 2.69. The van der Waals surface area contributed by atoms with E-state index in [-0.39, 0.29) is 24.5 Å². The van der Waals surface area contributed by atoms with Crippen LogP contribution >= 0.6 is 0 Å². The van der Waals surface area contributed by atoms with Gasteiger partial charge in [-0.3, -0.25) is 4.79 Å². The molecule has 0 radical (unpaired) electrons. The Kier molecular flexibility index (Phi) is 5.32. The molecule has 0 heterocycles. The maximum Gasteiger partial charge on any atom is 0.316 e. The third-order valence-electron chi connectivity index (χ3n) is 2.73. The van der Waals surface area contributed by atoms with Gasteiger partial charge in [0, 0.05) is 11.3 Å². The van der Waals surface area contributed by atoms with Crippen molar-refractivity contribution in [2.24, 2.45) is 11.7 Å². The summed E-state index contributed by atoms with van der Waals surface area (Å²) in [4.78, 5) is 22.6. The highest BCUT2D eigenvalue weighted by Crippen LogP contribution is 2.10. The first kappa shape index (κ1) is 15.0. The summed E-state index contributed by atoms with van der Waals surface area (Å²) in [6, 6.07) is 5.39. The van der Waals surface area contributed by atoms with Gasteiger partial charge in [0.05, 0.1) is 12.6 Å². The number of rotatable bonds is 5. The van der Waals surface area contributed by atoms with Gasteiger partial charge in [-0.25, -0.2) is 4.79 Å². The first-order valence-corrected chi connectivity index (χ1v) is 6.02. The third kappa shape index (κ3) is 4.59. The third-order valence-corrected chi connectivity index (χ3v) is 2.73. The second-order valence-electron chi connectivity index (χ2n) is 4.57. The standard InChI is InChI=1S/C13H19N3O3/c1-8(2)11(7-17)16-12(18)9-3-5-10(6-4-9)15-13(14)19/h3-6,8,11,17H,7H2,1-2H3,(H,16,18)(H3,14,15,19). The van der Waals surface area contributed by atoms with Crippen molar-refractivity contribution >= 4 is 17.6 Å². The van der Waals surface area contributed by atoms with Gasteiger partial charge in [-0.2, -0.15) is 0 Å². The lowest BCUT2D eigenvalue weighted by Crippen LogP contribution is -2.41. The van der Waals surface area contributed by atoms with Crippen molar-refractivity contribution in [1.29, 1.82) is 0 Å². The van der Waals surface area contributed by atoms with E-state index >= 15 is 0 Å². The van der Waals surface area contributed by atoms with Gasteiger partial charge < -0.3 is 21.5 Å². The van der Waals surface area contributed by atoms with E-state index < -0.39 is 6.03 Å². The van der Waals surface area contributed by atoms with Gasteiger partial charge in [0.1, 0.15) is 0 Å². The lowest BCUT2D eigenvalue weighted by atomic mass is 10.0. The lowest BCUT2D eigenvalue weighted by Gasteiger charge is -2.19. The second kappa shape index (κ2) is 6.75. The number of hydrogen-bond acceptors (Lipinski definition) is 3. The molecule has 3 amide bonds. The maximum atomic E-state index is 11.9. The minimum absolute atomic E-state index is 0.106. The number of nitrogens with one attached hydrogen (secondary N) is 2. The molecule has 1 unspecified atom stereocenters. The number of hydrogen-bond donors (Lipinski definition) is 4. The van der Waals surface area contributed by atoms with Gasteiger partial charge in [-0.05, 0) is 30.2 Å². The molecular formula is C13H19N3O3. The van der Waals surface area contributed by atoms with Crippen LogP contribution in [0.3, 0.4) is 0 Å². The van der Waals surface area contributed by atoms with Gasteiger partial charge in [0.15, 0.2) is 0 Å². The summed E-state index contributed by atoms with van der Waals surface area (Å²) >= 11 is 0. The minimum atomic E-state index is -0.655. The first-order valence-electron chi connectivity index (χ1n) is 6.02. The topological polar surface area (TPSA) is 104 Å². The number of amides is 3. The molecular weight excluding hydrogens is 246 g/mol. The number of aliphatic hydroxyl groups is 1. The number of nitrogens with two attached hydrogens (primary N) is 1. The number of aliphatic hydroxyl groups excluding tert-OH is 1. The van der Waals surface area contributed by atoms with E-state index in [1.54, 1.807) is 24.3 Å². The van der Waals surface area contributed by atoms with E-state index in [9.17, 15) is 9.59 Å². The van der Waals surface area contributed by atoms with Crippen molar-refractivity contribution in [2.45, 2.75) is 19.9 Å². The van der Waals surface area contributed by atoms with Gasteiger partial charge in [-0.1, -0.05) is 13.8 Å². The van der Waals surface area contributed by atoms with Crippen LogP contribution in [0.5, 0.6) is 0 Å². The van der Waals surface area contributed by atoms with Crippen LogP contribution in [0.1, 0.15) is 24.2 Å². The summed E-state index contributed by atoms with van der Waals surface area (Å²) in [6.45, 7) is 3.73. The number of carbonyl (C=O) groups is 2. The molecule has 104 valence electrons. The Morgan fingerprint density at radius 1 is 1.26 bits per heavy atom. The van der Waals surface area contributed by atoms with Gasteiger partial charge >= 0.3 is 6.03 Å². The SMILES string of the molecule is CC(C)C(CO)NC(=O)c1ccc(NC(N)=O)cc1. The van der Waals surface area contributed by atoms with Crippen LogP contribution in [-0.4, -0.2) is 29.7 Å². The lowest BCUT2D eigenvalue weighted by molar-refractivity contribution is 0.0897. The van der Waals surface area contributed by atoms with E-state index in [2.05, 4.69) is 10.6 Å². The van der Waals surface area contributed by atoms with Crippen molar-refractivity contribution in [3.05, 3.63) is 29.8 Å². The summed E-state index contributed by atoms with van der Waals surface area (Å²) in [5.41, 5.74) is 5.96. The predicted molar refractivity (Wildman–Crippen MR) is 72.8 cm³/mol. The molecule has 0 aromatic heterocycles. The zero-order valence-electron chi connectivity index (χ0n) is 11.0. The van der Waals surface area contributed by atoms with Gasteiger partial charge in [0.25, 0.3) is 5.91 Å². The van der Waals surface area contributed by atoms with Crippen LogP contribution in [0.25, 0.3) is 0 Å². The zero-order chi connectivity index (χ0) is 14.4. The number of primary amides is 1. The first-order chi connectivity index (χ1) is 8.93. The van der Waals surface area contributed by atoms with Gasteiger partial charge in [-0.15, -0.1) is 0 Å². The molecule has 6 nitrogen and oxygen atoms in total. The Labute approximate surface area is 112 Å². The second-order valence-corrected chi connectivity index (χ2v) is 4.57. The quantitative estimate of drug-likeness (QED) is 0.636. The van der Waals surface area contributed by atoms with Crippen LogP contribution in [0.15, 0.2) is 24.3 Å². The van der Waals surface area contributed by atoms with E-state index in [1.807, 2.05) is 13.8 Å². The van der Waals surface area contributed by atoms with E-state index in [1.165, 1.54) is 0 Å². The Morgan fingerprint density at radius 2 is 1.84 bits per heavy atom. The highest BCUT2D eigenvalue weighted by molar-refractivity contribution is 5.95. The number of benzene rings is 1. The van der Waals surface area contributed by atoms with E-state index in [4.69, 9.17) is 10.8 Å². The Morgan fingerprint density at radius 3 is 2.26 bits per heavy atom. The molecule has 19 heavy (non-hydrogen) atoms. The molecule has 5 N–H and O–H groups in total. The molecule has 0 spiro atoms. The van der Waals surface area contributed by atoms with Crippen molar-refractivity contribution in [3.63, 3.8) is 0 Å². The summed E-state index contributed by atoms with van der Waals surface area (Å²) in [6.07, 6.45) is 0. The van der Waals surface area contributed by atoms with Crippen molar-refractivity contribution in [1.82, 2.24) is 5.32 Å². The molecule has 1 rings (SSSR count). The van der Waals surface area contributed by atoms with Crippen molar-refractivity contribution < 1.29 is 14.7 Å². The Hall–Kier alpha value is -2.08. The van der Waals surface area contributed by atoms with Crippen LogP contribution in [0.2, 0.25) is 0 Å². The van der Waals surface area contributed by atoms with Crippen molar-refractivity contribution in [3.8, 4) is 0 Å². The summed E-state index contributed by atoms with van der Waals surface area (Å²) in [7, 11) is 0. The van der Waals surface area contributed by atoms with E-state index in [0.29, 0.717) is 11.3 Å². The Bertz CT molecular complexity index is 443. The molecule has 0 saturated heterocycles. The van der Waals surface area contributed by atoms with Crippen LogP contribution in [0, 0.1) is 5.92 Å². The molecule has 0 bridgehead atoms. The minimum Gasteiger partial charge on any atom is -0.394 e. The van der Waals surface area contributed by atoms with Crippen LogP contribution in [0.4, 0.5) is 10.5 Å². The van der Waals surface area contributed by atoms with Crippen LogP contribution < -0.4 is 16.4 Å². The molecule has 0 aliphatic heterocycles. The van der Waals surface area contributed by atoms with Crippen molar-refractivity contribution in [2.75, 3.05) is 11.9 Å². The largest absolute Gasteiger partial charge is 0.394 e. The molecule has 1 aromatic rings. The smallest absolute Gasteiger partial charge is 0.316 e. The fourth-order valence-electron chi connectivity index (χ4n) is 1.52. The average Bonchev–Trinajstić information content (AvgIpc) is 2.35. The highest BCUT2D eigenvalue weighted by Gasteiger charge is 2.16. The van der Waals surface area contributed by atoms with Crippen LogP contribution in [-0.2, 0) is 0 Å². The number of anilines is 1. The van der Waals surface area contributed by atoms with E-state index in [0.717, 1.165) is 0 Å². The molecule has 0 aliphatic rings. The summed E-state index contributed by atoms with van der Waals surface area (Å²) in [5, 5.41) is 14.3. The molecule has 0 aliphatic carbocycles. The maximum absolute atomic E-state index is 11.9. The molecule has 1 aromatic carbocycles. The predicted octanol–water partition coefficient (Wildman–Crippen LogP) is 0.924. The zero-order valence-corrected chi connectivity index (χ0v) is 11.0. The molecule has 6 heteroatoms. The number of urea groups is 1. The molecule has 0 fully saturated rings. The summed E-state index contributed by atoms with van der Waals surface area (Å²) in [5.74, 6) is -0.122. The highest BCUT2D eigenvalue weighted by atomic mass is 16.3. The fourth-order valence-corrected chi connectivity index (χ4v) is 1.52. The monoisotopic (exact) mass is 265 g/mol. The fraction of sp³-hybridized carbons (Fsp3) is 0.385. The number of carbonyl (C=O) groups excluding carboxylic acids is 2. The molecule has 1 atom stereocenters. The molecule has 0 saturated carbocycles.